The lowest BCUT2D eigenvalue weighted by atomic mass is 9.76. The van der Waals surface area contributed by atoms with Crippen molar-refractivity contribution >= 4 is 6.09 Å². The second kappa shape index (κ2) is 8.16. The van der Waals surface area contributed by atoms with Crippen molar-refractivity contribution in [2.45, 2.75) is 70.4 Å². The number of nitrogens with zero attached hydrogens (tertiary/aromatic N) is 1. The molecule has 33 heavy (non-hydrogen) atoms. The van der Waals surface area contributed by atoms with Gasteiger partial charge in [-0.25, -0.2) is 4.79 Å². The number of carbonyl (C=O) groups is 1. The summed E-state index contributed by atoms with van der Waals surface area (Å²) in [5.74, 6) is 1.06. The van der Waals surface area contributed by atoms with E-state index in [1.54, 1.807) is 0 Å². The van der Waals surface area contributed by atoms with Crippen LogP contribution < -0.4 is 5.32 Å². The van der Waals surface area contributed by atoms with Crippen LogP contribution in [-0.2, 0) is 11.2 Å². The molecule has 0 radical (unpaired) electrons. The zero-order chi connectivity index (χ0) is 22.6. The Kier molecular flexibility index (Phi) is 5.25. The molecule has 7 rings (SSSR count). The van der Waals surface area contributed by atoms with Crippen LogP contribution in [0.4, 0.5) is 4.79 Å². The molecule has 2 aliphatic carbocycles. The highest BCUT2D eigenvalue weighted by molar-refractivity contribution is 5.70. The quantitative estimate of drug-likeness (QED) is 0.623. The minimum atomic E-state index is -0.216. The summed E-state index contributed by atoms with van der Waals surface area (Å²) >= 11 is 0. The number of rotatable bonds is 4. The van der Waals surface area contributed by atoms with E-state index >= 15 is 0 Å². The van der Waals surface area contributed by atoms with Crippen molar-refractivity contribution in [3.8, 4) is 11.1 Å². The Morgan fingerprint density at radius 2 is 1.85 bits per heavy atom. The largest absolute Gasteiger partial charge is 0.445 e. The van der Waals surface area contributed by atoms with Gasteiger partial charge in [-0.05, 0) is 96.7 Å². The molecule has 3 saturated heterocycles. The fourth-order valence-electron chi connectivity index (χ4n) is 6.48. The first-order chi connectivity index (χ1) is 16.0. The van der Waals surface area contributed by atoms with E-state index in [1.165, 1.54) is 40.7 Å². The monoisotopic (exact) mass is 444 g/mol. The van der Waals surface area contributed by atoms with Crippen molar-refractivity contribution in [3.63, 3.8) is 0 Å². The Hall–Kier alpha value is -2.33. The van der Waals surface area contributed by atoms with Gasteiger partial charge in [0.1, 0.15) is 6.10 Å². The summed E-state index contributed by atoms with van der Waals surface area (Å²) < 4.78 is 6.00. The van der Waals surface area contributed by atoms with Crippen LogP contribution in [0.25, 0.3) is 11.1 Å². The molecule has 2 atom stereocenters. The van der Waals surface area contributed by atoms with Gasteiger partial charge < -0.3 is 10.1 Å². The molecule has 3 aliphatic heterocycles. The van der Waals surface area contributed by atoms with Gasteiger partial charge in [0.25, 0.3) is 0 Å². The van der Waals surface area contributed by atoms with E-state index in [1.807, 2.05) is 0 Å². The van der Waals surface area contributed by atoms with Crippen molar-refractivity contribution in [2.24, 2.45) is 11.3 Å². The molecule has 2 aromatic rings. The first-order valence-corrected chi connectivity index (χ1v) is 12.9. The number of aryl methyl sites for hydroxylation is 1. The molecule has 1 N–H and O–H groups in total. The van der Waals surface area contributed by atoms with Gasteiger partial charge in [0, 0.05) is 6.54 Å². The number of benzene rings is 2. The maximum Gasteiger partial charge on any atom is 0.407 e. The van der Waals surface area contributed by atoms with Gasteiger partial charge in [0.2, 0.25) is 0 Å². The van der Waals surface area contributed by atoms with E-state index in [9.17, 15) is 4.79 Å². The first-order valence-electron chi connectivity index (χ1n) is 12.9. The fraction of sp³-hybridized carbons (Fsp3) is 0.552. The average Bonchev–Trinajstić information content (AvgIpc) is 3.62. The van der Waals surface area contributed by atoms with Gasteiger partial charge in [-0.1, -0.05) is 56.3 Å². The van der Waals surface area contributed by atoms with Crippen LogP contribution in [0.1, 0.15) is 74.6 Å². The van der Waals surface area contributed by atoms with Crippen LogP contribution in [0.3, 0.4) is 0 Å². The summed E-state index contributed by atoms with van der Waals surface area (Å²) in [6.45, 7) is 7.71. The number of fused-ring (bicyclic) bond motifs is 4. The highest BCUT2D eigenvalue weighted by Crippen LogP contribution is 2.61. The molecular weight excluding hydrogens is 408 g/mol. The van der Waals surface area contributed by atoms with E-state index in [-0.39, 0.29) is 23.7 Å². The van der Waals surface area contributed by atoms with Crippen molar-refractivity contribution in [3.05, 3.63) is 59.2 Å². The number of hydrogen-bond acceptors (Lipinski definition) is 3. The van der Waals surface area contributed by atoms with Crippen LogP contribution in [0.2, 0.25) is 0 Å². The summed E-state index contributed by atoms with van der Waals surface area (Å²) in [5.41, 5.74) is 6.84. The zero-order valence-corrected chi connectivity index (χ0v) is 20.0. The van der Waals surface area contributed by atoms with Crippen molar-refractivity contribution in [1.82, 2.24) is 10.2 Å². The van der Waals surface area contributed by atoms with Gasteiger partial charge in [-0.2, -0.15) is 0 Å². The summed E-state index contributed by atoms with van der Waals surface area (Å²) in [6, 6.07) is 15.8. The predicted octanol–water partition coefficient (Wildman–Crippen LogP) is 6.06. The Balaban J connectivity index is 1.22. The smallest absolute Gasteiger partial charge is 0.407 e. The number of carbonyl (C=O) groups excluding carboxylic acids is 1. The summed E-state index contributed by atoms with van der Waals surface area (Å²) in [4.78, 5) is 15.5. The molecule has 174 valence electrons. The molecule has 5 aliphatic rings. The molecule has 2 bridgehead atoms. The highest BCUT2D eigenvalue weighted by Gasteiger charge is 2.53. The van der Waals surface area contributed by atoms with E-state index in [4.69, 9.17) is 4.74 Å². The van der Waals surface area contributed by atoms with Gasteiger partial charge >= 0.3 is 6.09 Å². The lowest BCUT2D eigenvalue weighted by molar-refractivity contribution is -0.0347. The molecule has 1 saturated carbocycles. The number of hydrogen-bond donors (Lipinski definition) is 1. The molecule has 3 heterocycles. The molecule has 4 nitrogen and oxygen atoms in total. The van der Waals surface area contributed by atoms with Gasteiger partial charge in [-0.15, -0.1) is 0 Å². The topological polar surface area (TPSA) is 41.6 Å². The maximum absolute atomic E-state index is 13.0. The van der Waals surface area contributed by atoms with Gasteiger partial charge in [0.05, 0.1) is 6.04 Å². The zero-order valence-electron chi connectivity index (χ0n) is 20.0. The molecule has 4 heteroatoms. The predicted molar refractivity (Wildman–Crippen MR) is 131 cm³/mol. The van der Waals surface area contributed by atoms with Crippen molar-refractivity contribution < 1.29 is 9.53 Å². The number of piperidine rings is 3. The fourth-order valence-corrected chi connectivity index (χ4v) is 6.48. The number of ether oxygens (including phenoxy) is 1. The summed E-state index contributed by atoms with van der Waals surface area (Å²) in [7, 11) is 0. The first kappa shape index (κ1) is 21.2. The lowest BCUT2D eigenvalue weighted by Crippen LogP contribution is -2.53. The molecular formula is C29H36N2O2. The Morgan fingerprint density at radius 1 is 1.06 bits per heavy atom. The normalized spacial score (nSPS) is 29.1. The molecule has 0 aromatic heterocycles. The Bertz CT molecular complexity index is 1050. The van der Waals surface area contributed by atoms with Gasteiger partial charge in [-0.3, -0.25) is 4.90 Å². The standard InChI is InChI=1S/C29H36N2O2/c1-19(2)21-4-3-5-22(16-21)23-6-7-25-24(17-23)8-11-29(12-13-29)27(25)30-28(32)33-26-18-31-14-9-20(26)10-15-31/h3-7,16-17,19-20,26-27H,8-15,18H2,1-2H3,(H,30,32)/t26-,27?/m0/s1. The van der Waals surface area contributed by atoms with E-state index in [0.717, 1.165) is 45.3 Å². The SMILES string of the molecule is CC(C)c1cccc(-c2ccc3c(c2)CCC2(CC2)C3NC(=O)O[C@H]2CN3CCC2CC3)c1. The van der Waals surface area contributed by atoms with Crippen LogP contribution in [0.5, 0.6) is 0 Å². The average molecular weight is 445 g/mol. The minimum absolute atomic E-state index is 0.0568. The third kappa shape index (κ3) is 3.97. The van der Waals surface area contributed by atoms with E-state index in [0.29, 0.717) is 11.8 Å². The maximum atomic E-state index is 13.0. The minimum Gasteiger partial charge on any atom is -0.445 e. The van der Waals surface area contributed by atoms with E-state index < -0.39 is 0 Å². The van der Waals surface area contributed by atoms with Crippen LogP contribution in [0.15, 0.2) is 42.5 Å². The second-order valence-corrected chi connectivity index (χ2v) is 11.2. The summed E-state index contributed by atoms with van der Waals surface area (Å²) in [5, 5.41) is 3.34. The second-order valence-electron chi connectivity index (χ2n) is 11.2. The van der Waals surface area contributed by atoms with Crippen LogP contribution >= 0.6 is 0 Å². The van der Waals surface area contributed by atoms with Gasteiger partial charge in [0.15, 0.2) is 0 Å². The number of amides is 1. The van der Waals surface area contributed by atoms with Crippen LogP contribution in [-0.4, -0.2) is 36.7 Å². The van der Waals surface area contributed by atoms with Crippen molar-refractivity contribution in [2.75, 3.05) is 19.6 Å². The number of nitrogens with one attached hydrogen (secondary N) is 1. The third-order valence-corrected chi connectivity index (χ3v) is 8.85. The molecule has 1 spiro atoms. The summed E-state index contributed by atoms with van der Waals surface area (Å²) in [6.07, 6.45) is 6.82. The Morgan fingerprint density at radius 3 is 2.55 bits per heavy atom. The van der Waals surface area contributed by atoms with E-state index in [2.05, 4.69) is 66.5 Å². The third-order valence-electron chi connectivity index (χ3n) is 8.85. The van der Waals surface area contributed by atoms with Crippen LogP contribution in [0, 0.1) is 11.3 Å². The van der Waals surface area contributed by atoms with Crippen molar-refractivity contribution in [1.29, 1.82) is 0 Å². The molecule has 1 unspecified atom stereocenters. The molecule has 4 fully saturated rings. The molecule has 2 aromatic carbocycles. The highest BCUT2D eigenvalue weighted by atomic mass is 16.6. The molecule has 1 amide bonds. The number of alkyl carbamates (subject to hydrolysis) is 1. The Labute approximate surface area is 197 Å². The lowest BCUT2D eigenvalue weighted by Gasteiger charge is -2.44.